The van der Waals surface area contributed by atoms with Gasteiger partial charge in [-0.3, -0.25) is 14.6 Å². The van der Waals surface area contributed by atoms with Crippen LogP contribution in [0.2, 0.25) is 0 Å². The second kappa shape index (κ2) is 7.73. The zero-order chi connectivity index (χ0) is 17.6. The monoisotopic (exact) mass is 345 g/mol. The molecule has 1 atom stereocenters. The summed E-state index contributed by atoms with van der Waals surface area (Å²) in [6.45, 7) is 3.10. The van der Waals surface area contributed by atoms with E-state index in [0.717, 1.165) is 5.69 Å². The van der Waals surface area contributed by atoms with Gasteiger partial charge in [0.25, 0.3) is 5.88 Å². The fourth-order valence-corrected chi connectivity index (χ4v) is 2.61. The van der Waals surface area contributed by atoms with E-state index in [4.69, 9.17) is 4.74 Å². The molecule has 1 aliphatic heterocycles. The van der Waals surface area contributed by atoms with Crippen LogP contribution >= 0.6 is 0 Å². The molecular weight excluding hydrogens is 326 g/mol. The van der Waals surface area contributed by atoms with Crippen molar-refractivity contribution in [2.75, 3.05) is 19.7 Å². The second-order valence-electron chi connectivity index (χ2n) is 5.79. The van der Waals surface area contributed by atoms with Gasteiger partial charge in [0.15, 0.2) is 0 Å². The smallest absolute Gasteiger partial charge is 0.278 e. The van der Waals surface area contributed by atoms with Crippen molar-refractivity contribution in [3.63, 3.8) is 0 Å². The van der Waals surface area contributed by atoms with Crippen molar-refractivity contribution in [2.24, 2.45) is 5.92 Å². The SMILES string of the molecule is Cc1nonc1OCCNC(=O)[C@@H]1CC(=O)N(Cc2ccccn2)C1. The summed E-state index contributed by atoms with van der Waals surface area (Å²) in [6, 6.07) is 5.56. The minimum absolute atomic E-state index is 0.0358. The van der Waals surface area contributed by atoms with Crippen molar-refractivity contribution in [2.45, 2.75) is 19.9 Å². The van der Waals surface area contributed by atoms with E-state index in [1.165, 1.54) is 0 Å². The highest BCUT2D eigenvalue weighted by molar-refractivity contribution is 5.89. The molecule has 0 spiro atoms. The molecule has 0 unspecified atom stereocenters. The highest BCUT2D eigenvalue weighted by Crippen LogP contribution is 2.19. The van der Waals surface area contributed by atoms with Crippen LogP contribution < -0.4 is 10.1 Å². The number of hydrogen-bond acceptors (Lipinski definition) is 7. The zero-order valence-electron chi connectivity index (χ0n) is 13.8. The first-order valence-corrected chi connectivity index (χ1v) is 8.01. The molecule has 1 aliphatic rings. The molecule has 2 amide bonds. The zero-order valence-corrected chi connectivity index (χ0v) is 13.8. The normalized spacial score (nSPS) is 16.9. The first-order valence-electron chi connectivity index (χ1n) is 8.01. The Morgan fingerprint density at radius 2 is 2.32 bits per heavy atom. The number of rotatable bonds is 7. The van der Waals surface area contributed by atoms with Crippen molar-refractivity contribution in [1.82, 2.24) is 25.5 Å². The van der Waals surface area contributed by atoms with E-state index in [9.17, 15) is 9.59 Å². The fourth-order valence-electron chi connectivity index (χ4n) is 2.61. The molecule has 1 saturated heterocycles. The molecule has 3 rings (SSSR count). The molecule has 2 aromatic rings. The lowest BCUT2D eigenvalue weighted by Crippen LogP contribution is -2.35. The van der Waals surface area contributed by atoms with Gasteiger partial charge in [-0.1, -0.05) is 11.2 Å². The van der Waals surface area contributed by atoms with E-state index in [0.29, 0.717) is 31.2 Å². The number of nitrogens with zero attached hydrogens (tertiary/aromatic N) is 4. The highest BCUT2D eigenvalue weighted by atomic mass is 16.6. The Labute approximate surface area is 144 Å². The summed E-state index contributed by atoms with van der Waals surface area (Å²) >= 11 is 0. The van der Waals surface area contributed by atoms with Crippen molar-refractivity contribution >= 4 is 11.8 Å². The van der Waals surface area contributed by atoms with Crippen LogP contribution in [0.25, 0.3) is 0 Å². The van der Waals surface area contributed by atoms with Gasteiger partial charge in [-0.2, -0.15) is 0 Å². The van der Waals surface area contributed by atoms with Crippen LogP contribution in [0.15, 0.2) is 29.0 Å². The van der Waals surface area contributed by atoms with E-state index >= 15 is 0 Å². The number of aromatic nitrogens is 3. The van der Waals surface area contributed by atoms with Crippen LogP contribution in [-0.4, -0.2) is 51.7 Å². The summed E-state index contributed by atoms with van der Waals surface area (Å²) < 4.78 is 9.86. The Kier molecular flexibility index (Phi) is 5.22. The first-order chi connectivity index (χ1) is 12.1. The maximum absolute atomic E-state index is 12.2. The minimum atomic E-state index is -0.355. The molecule has 0 bridgehead atoms. The Balaban J connectivity index is 1.42. The van der Waals surface area contributed by atoms with Gasteiger partial charge < -0.3 is 15.0 Å². The summed E-state index contributed by atoms with van der Waals surface area (Å²) in [5, 5.41) is 9.96. The summed E-state index contributed by atoms with van der Waals surface area (Å²) in [5.41, 5.74) is 1.36. The Morgan fingerprint density at radius 3 is 3.04 bits per heavy atom. The van der Waals surface area contributed by atoms with E-state index in [1.54, 1.807) is 18.0 Å². The Bertz CT molecular complexity index is 733. The number of ether oxygens (including phenoxy) is 1. The quantitative estimate of drug-likeness (QED) is 0.719. The largest absolute Gasteiger partial charge is 0.472 e. The molecule has 9 nitrogen and oxygen atoms in total. The molecule has 3 heterocycles. The van der Waals surface area contributed by atoms with Gasteiger partial charge in [0.2, 0.25) is 11.8 Å². The third-order valence-electron chi connectivity index (χ3n) is 3.92. The van der Waals surface area contributed by atoms with Gasteiger partial charge >= 0.3 is 0 Å². The second-order valence-corrected chi connectivity index (χ2v) is 5.79. The predicted molar refractivity (Wildman–Crippen MR) is 85.3 cm³/mol. The van der Waals surface area contributed by atoms with Crippen LogP contribution in [0.4, 0.5) is 0 Å². The third kappa shape index (κ3) is 4.31. The molecule has 2 aromatic heterocycles. The number of pyridine rings is 1. The van der Waals surface area contributed by atoms with Crippen molar-refractivity contribution in [1.29, 1.82) is 0 Å². The van der Waals surface area contributed by atoms with Gasteiger partial charge in [0.1, 0.15) is 12.3 Å². The summed E-state index contributed by atoms with van der Waals surface area (Å²) in [6.07, 6.45) is 1.90. The number of carbonyl (C=O) groups excluding carboxylic acids is 2. The van der Waals surface area contributed by atoms with Gasteiger partial charge in [0.05, 0.1) is 24.7 Å². The van der Waals surface area contributed by atoms with Crippen LogP contribution in [0, 0.1) is 12.8 Å². The lowest BCUT2D eigenvalue weighted by Gasteiger charge is -2.16. The number of amides is 2. The minimum Gasteiger partial charge on any atom is -0.472 e. The van der Waals surface area contributed by atoms with E-state index in [2.05, 4.69) is 25.2 Å². The molecular formula is C16H19N5O4. The maximum atomic E-state index is 12.2. The molecule has 0 radical (unpaired) electrons. The van der Waals surface area contributed by atoms with Crippen molar-refractivity contribution in [3.05, 3.63) is 35.8 Å². The van der Waals surface area contributed by atoms with Crippen molar-refractivity contribution in [3.8, 4) is 5.88 Å². The number of nitrogens with one attached hydrogen (secondary N) is 1. The summed E-state index contributed by atoms with van der Waals surface area (Å²) in [5.74, 6) is -0.236. The number of hydrogen-bond donors (Lipinski definition) is 1. The number of aryl methyl sites for hydroxylation is 1. The predicted octanol–water partition coefficient (Wildman–Crippen LogP) is 0.317. The van der Waals surface area contributed by atoms with Crippen LogP contribution in [0.5, 0.6) is 5.88 Å². The standard InChI is InChI=1S/C16H19N5O4/c1-11-16(20-25-19-11)24-7-6-18-15(23)12-8-14(22)21(9-12)10-13-4-2-3-5-17-13/h2-5,12H,6-10H2,1H3,(H,18,23)/t12-/m1/s1. The number of carbonyl (C=O) groups is 2. The molecule has 0 saturated carbocycles. The molecule has 0 aromatic carbocycles. The highest BCUT2D eigenvalue weighted by Gasteiger charge is 2.34. The van der Waals surface area contributed by atoms with Crippen LogP contribution in [0.3, 0.4) is 0 Å². The lowest BCUT2D eigenvalue weighted by molar-refractivity contribution is -0.129. The van der Waals surface area contributed by atoms with E-state index in [-0.39, 0.29) is 30.8 Å². The molecule has 1 N–H and O–H groups in total. The molecule has 9 heteroatoms. The topological polar surface area (TPSA) is 110 Å². The first kappa shape index (κ1) is 16.9. The molecule has 25 heavy (non-hydrogen) atoms. The summed E-state index contributed by atoms with van der Waals surface area (Å²) in [4.78, 5) is 30.2. The van der Waals surface area contributed by atoms with E-state index < -0.39 is 0 Å². The average molecular weight is 345 g/mol. The average Bonchev–Trinajstić information content (AvgIpc) is 3.18. The number of likely N-dealkylation sites (tertiary alicyclic amines) is 1. The molecule has 1 fully saturated rings. The Morgan fingerprint density at radius 1 is 1.44 bits per heavy atom. The van der Waals surface area contributed by atoms with Crippen LogP contribution in [0.1, 0.15) is 17.8 Å². The molecule has 0 aliphatic carbocycles. The van der Waals surface area contributed by atoms with E-state index in [1.807, 2.05) is 18.2 Å². The van der Waals surface area contributed by atoms with Gasteiger partial charge in [-0.05, 0) is 24.2 Å². The van der Waals surface area contributed by atoms with Gasteiger partial charge in [0, 0.05) is 19.2 Å². The Hall–Kier alpha value is -2.97. The lowest BCUT2D eigenvalue weighted by atomic mass is 10.1. The molecule has 132 valence electrons. The fraction of sp³-hybridized carbons (Fsp3) is 0.438. The van der Waals surface area contributed by atoms with Gasteiger partial charge in [-0.25, -0.2) is 4.63 Å². The third-order valence-corrected chi connectivity index (χ3v) is 3.92. The van der Waals surface area contributed by atoms with Crippen molar-refractivity contribution < 1.29 is 19.0 Å². The van der Waals surface area contributed by atoms with Crippen LogP contribution in [-0.2, 0) is 16.1 Å². The van der Waals surface area contributed by atoms with Gasteiger partial charge in [-0.15, -0.1) is 0 Å². The summed E-state index contributed by atoms with van der Waals surface area (Å²) in [7, 11) is 0. The maximum Gasteiger partial charge on any atom is 0.278 e.